The summed E-state index contributed by atoms with van der Waals surface area (Å²) in [5.41, 5.74) is 1.43. The number of esters is 2. The van der Waals surface area contributed by atoms with E-state index in [1.54, 1.807) is 30.3 Å². The van der Waals surface area contributed by atoms with Gasteiger partial charge in [0.25, 0.3) is 0 Å². The van der Waals surface area contributed by atoms with Gasteiger partial charge in [-0.15, -0.1) is 0 Å². The lowest BCUT2D eigenvalue weighted by molar-refractivity contribution is -0.164. The van der Waals surface area contributed by atoms with Gasteiger partial charge in [0, 0.05) is 13.0 Å². The quantitative estimate of drug-likeness (QED) is 0.300. The summed E-state index contributed by atoms with van der Waals surface area (Å²) >= 11 is 0. The van der Waals surface area contributed by atoms with Gasteiger partial charge in [0.1, 0.15) is 18.1 Å². The lowest BCUT2D eigenvalue weighted by Gasteiger charge is -2.18. The summed E-state index contributed by atoms with van der Waals surface area (Å²) in [6.45, 7) is 0.753. The largest absolute Gasteiger partial charge is 0.508 e. The summed E-state index contributed by atoms with van der Waals surface area (Å²) in [4.78, 5) is 23.1. The number of ether oxygens (including phenoxy) is 3. The Kier molecular flexibility index (Phi) is 9.28. The smallest absolute Gasteiger partial charge is 0.330 e. The molecule has 8 nitrogen and oxygen atoms in total. The van der Waals surface area contributed by atoms with Gasteiger partial charge in [0.2, 0.25) is 0 Å². The Labute approximate surface area is 179 Å². The van der Waals surface area contributed by atoms with E-state index in [1.807, 2.05) is 0 Å². The molecule has 164 valence electrons. The lowest BCUT2D eigenvalue weighted by atomic mass is 10.2. The van der Waals surface area contributed by atoms with Crippen LogP contribution in [0.4, 0.5) is 0 Å². The maximum atomic E-state index is 11.9. The van der Waals surface area contributed by atoms with Gasteiger partial charge in [-0.2, -0.15) is 0 Å². The van der Waals surface area contributed by atoms with Crippen LogP contribution in [0, 0.1) is 0 Å². The molecule has 2 atom stereocenters. The standard InChI is InChI=1S/C23H24O8/c1-16(24)31-21(14-29-22(27)12-6-17-2-8-19(25)9-3-17)15-30-23(28)13-7-18-4-10-20(26)11-5-18/h2-13,21-22,25-27H,14-15H2,1H3/b12-6+,13-7+. The molecule has 0 bridgehead atoms. The molecule has 0 aliphatic carbocycles. The Morgan fingerprint density at radius 1 is 0.903 bits per heavy atom. The Morgan fingerprint density at radius 2 is 1.45 bits per heavy atom. The number of aromatic hydroxyl groups is 2. The van der Waals surface area contributed by atoms with Crippen LogP contribution in [0.25, 0.3) is 12.2 Å². The molecule has 0 aromatic heterocycles. The van der Waals surface area contributed by atoms with Crippen LogP contribution in [0.2, 0.25) is 0 Å². The van der Waals surface area contributed by atoms with Crippen LogP contribution in [0.3, 0.4) is 0 Å². The number of aliphatic hydroxyl groups is 1. The SMILES string of the molecule is CC(=O)OC(COC(=O)/C=C/c1ccc(O)cc1)COC(O)/C=C/c1ccc(O)cc1. The van der Waals surface area contributed by atoms with E-state index in [2.05, 4.69) is 0 Å². The van der Waals surface area contributed by atoms with E-state index in [9.17, 15) is 24.9 Å². The first-order valence-electron chi connectivity index (χ1n) is 9.40. The van der Waals surface area contributed by atoms with E-state index < -0.39 is 24.3 Å². The molecule has 2 aromatic rings. The zero-order valence-electron chi connectivity index (χ0n) is 16.9. The van der Waals surface area contributed by atoms with Crippen molar-refractivity contribution in [3.05, 3.63) is 71.8 Å². The van der Waals surface area contributed by atoms with Crippen LogP contribution in [-0.4, -0.2) is 52.9 Å². The van der Waals surface area contributed by atoms with E-state index in [1.165, 1.54) is 49.4 Å². The molecule has 0 saturated heterocycles. The van der Waals surface area contributed by atoms with Crippen LogP contribution in [0.5, 0.6) is 11.5 Å². The zero-order valence-corrected chi connectivity index (χ0v) is 16.9. The van der Waals surface area contributed by atoms with Crippen molar-refractivity contribution in [2.24, 2.45) is 0 Å². The highest BCUT2D eigenvalue weighted by Gasteiger charge is 2.16. The van der Waals surface area contributed by atoms with Gasteiger partial charge in [0.05, 0.1) is 6.61 Å². The molecule has 0 spiro atoms. The van der Waals surface area contributed by atoms with Crippen LogP contribution in [0.1, 0.15) is 18.1 Å². The number of hydrogen-bond acceptors (Lipinski definition) is 8. The minimum absolute atomic E-state index is 0.115. The van der Waals surface area contributed by atoms with Gasteiger partial charge >= 0.3 is 11.9 Å². The lowest BCUT2D eigenvalue weighted by Crippen LogP contribution is -2.30. The Morgan fingerprint density at radius 3 is 2.00 bits per heavy atom. The molecule has 0 fully saturated rings. The number of aliphatic hydroxyl groups excluding tert-OH is 1. The number of hydrogen-bond donors (Lipinski definition) is 3. The maximum Gasteiger partial charge on any atom is 0.330 e. The van der Waals surface area contributed by atoms with Crippen molar-refractivity contribution >= 4 is 24.1 Å². The van der Waals surface area contributed by atoms with Crippen LogP contribution in [-0.2, 0) is 23.8 Å². The van der Waals surface area contributed by atoms with Crippen molar-refractivity contribution in [2.45, 2.75) is 19.3 Å². The summed E-state index contributed by atoms with van der Waals surface area (Å²) in [5.74, 6) is -0.994. The highest BCUT2D eigenvalue weighted by Crippen LogP contribution is 2.12. The second-order valence-corrected chi connectivity index (χ2v) is 6.46. The molecular weight excluding hydrogens is 404 g/mol. The van der Waals surface area contributed by atoms with Crippen molar-refractivity contribution in [1.29, 1.82) is 0 Å². The molecule has 2 rings (SSSR count). The summed E-state index contributed by atoms with van der Waals surface area (Å²) in [6, 6.07) is 12.6. The fraction of sp³-hybridized carbons (Fsp3) is 0.217. The second-order valence-electron chi connectivity index (χ2n) is 6.46. The van der Waals surface area contributed by atoms with Crippen molar-refractivity contribution < 1.29 is 39.1 Å². The molecular formula is C23H24O8. The first-order chi connectivity index (χ1) is 14.8. The van der Waals surface area contributed by atoms with Gasteiger partial charge in [-0.1, -0.05) is 30.3 Å². The number of phenols is 2. The van der Waals surface area contributed by atoms with E-state index in [-0.39, 0.29) is 24.7 Å². The van der Waals surface area contributed by atoms with Gasteiger partial charge in [-0.05, 0) is 47.5 Å². The molecule has 0 heterocycles. The molecule has 0 aliphatic rings. The molecule has 31 heavy (non-hydrogen) atoms. The molecule has 0 aliphatic heterocycles. The Bertz CT molecular complexity index is 900. The van der Waals surface area contributed by atoms with Crippen molar-refractivity contribution in [1.82, 2.24) is 0 Å². The summed E-state index contributed by atoms with van der Waals surface area (Å²) in [7, 11) is 0. The van der Waals surface area contributed by atoms with Gasteiger partial charge in [0.15, 0.2) is 12.4 Å². The molecule has 0 radical (unpaired) electrons. The molecule has 0 saturated carbocycles. The normalized spacial score (nSPS) is 13.2. The summed E-state index contributed by atoms with van der Waals surface area (Å²) in [5, 5.41) is 28.4. The average Bonchev–Trinajstić information content (AvgIpc) is 2.74. The van der Waals surface area contributed by atoms with Gasteiger partial charge in [-0.3, -0.25) is 4.79 Å². The van der Waals surface area contributed by atoms with Crippen LogP contribution in [0.15, 0.2) is 60.7 Å². The Hall–Kier alpha value is -3.62. The monoisotopic (exact) mass is 428 g/mol. The topological polar surface area (TPSA) is 123 Å². The fourth-order valence-electron chi connectivity index (χ4n) is 2.36. The number of carbonyl (C=O) groups is 2. The van der Waals surface area contributed by atoms with Crippen molar-refractivity contribution in [3.63, 3.8) is 0 Å². The number of phenolic OH excluding ortho intramolecular Hbond substituents is 2. The minimum atomic E-state index is -1.28. The number of rotatable bonds is 10. The Balaban J connectivity index is 1.82. The van der Waals surface area contributed by atoms with E-state index in [4.69, 9.17) is 14.2 Å². The highest BCUT2D eigenvalue weighted by molar-refractivity contribution is 5.87. The maximum absolute atomic E-state index is 11.9. The minimum Gasteiger partial charge on any atom is -0.508 e. The van der Waals surface area contributed by atoms with Crippen molar-refractivity contribution in [2.75, 3.05) is 13.2 Å². The van der Waals surface area contributed by atoms with E-state index in [0.29, 0.717) is 5.56 Å². The van der Waals surface area contributed by atoms with E-state index in [0.717, 1.165) is 5.56 Å². The molecule has 2 aromatic carbocycles. The van der Waals surface area contributed by atoms with Crippen LogP contribution < -0.4 is 0 Å². The second kappa shape index (κ2) is 12.2. The highest BCUT2D eigenvalue weighted by atomic mass is 16.6. The fourth-order valence-corrected chi connectivity index (χ4v) is 2.36. The summed E-state index contributed by atoms with van der Waals surface area (Å²) in [6.07, 6.45) is 3.50. The van der Waals surface area contributed by atoms with Gasteiger partial charge in [-0.25, -0.2) is 4.79 Å². The summed E-state index contributed by atoms with van der Waals surface area (Å²) < 4.78 is 15.3. The molecule has 0 amide bonds. The first kappa shape index (κ1) is 23.7. The predicted molar refractivity (Wildman–Crippen MR) is 113 cm³/mol. The van der Waals surface area contributed by atoms with E-state index >= 15 is 0 Å². The molecule has 8 heteroatoms. The van der Waals surface area contributed by atoms with Crippen molar-refractivity contribution in [3.8, 4) is 11.5 Å². The average molecular weight is 428 g/mol. The predicted octanol–water partition coefficient (Wildman–Crippen LogP) is 2.63. The number of carbonyl (C=O) groups excluding carboxylic acids is 2. The molecule has 2 unspecified atom stereocenters. The third kappa shape index (κ3) is 9.62. The molecule has 3 N–H and O–H groups in total. The van der Waals surface area contributed by atoms with Gasteiger partial charge < -0.3 is 29.5 Å². The first-order valence-corrected chi connectivity index (χ1v) is 9.40. The van der Waals surface area contributed by atoms with Crippen LogP contribution >= 0.6 is 0 Å². The third-order valence-electron chi connectivity index (χ3n) is 3.85. The third-order valence-corrected chi connectivity index (χ3v) is 3.85. The zero-order chi connectivity index (χ0) is 22.6. The number of benzene rings is 2.